The van der Waals surface area contributed by atoms with E-state index >= 15 is 0 Å². The Hall–Kier alpha value is -0.310. The van der Waals surface area contributed by atoms with Crippen LogP contribution < -0.4 is 0 Å². The number of allylic oxidation sites excluding steroid dienone is 1. The van der Waals surface area contributed by atoms with Crippen LogP contribution in [-0.4, -0.2) is 11.1 Å². The summed E-state index contributed by atoms with van der Waals surface area (Å²) in [6, 6.07) is 0. The van der Waals surface area contributed by atoms with Crippen molar-refractivity contribution in [1.29, 1.82) is 0 Å². The zero-order valence-electron chi connectivity index (χ0n) is 4.73. The van der Waals surface area contributed by atoms with Crippen molar-refractivity contribution < 1.29 is 9.90 Å². The molecular weight excluding hydrogens is 172 g/mol. The zero-order chi connectivity index (χ0) is 6.73. The molecule has 0 aromatic carbocycles. The first-order valence-corrected chi connectivity index (χ1v) is 2.91. The minimum Gasteiger partial charge on any atom is -0.477 e. The number of carboxylic acids is 1. The maximum atomic E-state index is 10.0. The average molecular weight is 179 g/mol. The van der Waals surface area contributed by atoms with Gasteiger partial charge in [0.15, 0.2) is 0 Å². The first-order chi connectivity index (χ1) is 3.55. The van der Waals surface area contributed by atoms with E-state index in [0.29, 0.717) is 0 Å². The van der Waals surface area contributed by atoms with Gasteiger partial charge in [-0.2, -0.15) is 0 Å². The van der Waals surface area contributed by atoms with Crippen molar-refractivity contribution in [2.75, 3.05) is 0 Å². The Morgan fingerprint density at radius 2 is 1.88 bits per heavy atom. The van der Waals surface area contributed by atoms with E-state index in [9.17, 15) is 4.79 Å². The van der Waals surface area contributed by atoms with Gasteiger partial charge in [0.25, 0.3) is 0 Å². The van der Waals surface area contributed by atoms with Gasteiger partial charge in [-0.1, -0.05) is 5.57 Å². The highest BCUT2D eigenvalue weighted by atomic mass is 79.9. The molecule has 0 rings (SSSR count). The highest BCUT2D eigenvalue weighted by molar-refractivity contribution is 9.12. The van der Waals surface area contributed by atoms with Crippen LogP contribution in [0.2, 0.25) is 0 Å². The van der Waals surface area contributed by atoms with E-state index in [-0.39, 0.29) is 4.48 Å². The minimum atomic E-state index is -0.912. The van der Waals surface area contributed by atoms with Crippen LogP contribution in [0.3, 0.4) is 0 Å². The SMILES string of the molecule is CC(C)=C(Br)C(=O)O. The van der Waals surface area contributed by atoms with E-state index in [2.05, 4.69) is 15.9 Å². The molecule has 0 aromatic rings. The summed E-state index contributed by atoms with van der Waals surface area (Å²) >= 11 is 2.89. The molecule has 0 radical (unpaired) electrons. The van der Waals surface area contributed by atoms with Crippen LogP contribution in [-0.2, 0) is 4.79 Å². The van der Waals surface area contributed by atoms with Crippen LogP contribution in [0.4, 0.5) is 0 Å². The third-order valence-corrected chi connectivity index (χ3v) is 1.76. The molecule has 0 aliphatic heterocycles. The molecule has 0 aliphatic rings. The number of carboxylic acid groups (broad SMARTS) is 1. The summed E-state index contributed by atoms with van der Waals surface area (Å²) < 4.78 is 0.248. The van der Waals surface area contributed by atoms with Crippen LogP contribution in [0.25, 0.3) is 0 Å². The first kappa shape index (κ1) is 7.69. The summed E-state index contributed by atoms with van der Waals surface area (Å²) in [6.07, 6.45) is 0. The van der Waals surface area contributed by atoms with E-state index in [1.165, 1.54) is 0 Å². The summed E-state index contributed by atoms with van der Waals surface area (Å²) in [4.78, 5) is 10.0. The molecule has 0 atom stereocenters. The van der Waals surface area contributed by atoms with Gasteiger partial charge in [0.2, 0.25) is 0 Å². The van der Waals surface area contributed by atoms with Crippen LogP contribution in [0.15, 0.2) is 10.1 Å². The van der Waals surface area contributed by atoms with Gasteiger partial charge in [0.1, 0.15) is 4.48 Å². The molecule has 0 aromatic heterocycles. The molecular formula is C5H7BrO2. The second kappa shape index (κ2) is 2.87. The van der Waals surface area contributed by atoms with Gasteiger partial charge in [0.05, 0.1) is 0 Å². The molecule has 0 amide bonds. The predicted molar refractivity (Wildman–Crippen MR) is 34.9 cm³/mol. The average Bonchev–Trinajstić information content (AvgIpc) is 1.64. The van der Waals surface area contributed by atoms with E-state index in [4.69, 9.17) is 5.11 Å². The maximum absolute atomic E-state index is 10.0. The molecule has 0 bridgehead atoms. The van der Waals surface area contributed by atoms with E-state index in [1.54, 1.807) is 13.8 Å². The van der Waals surface area contributed by atoms with Crippen LogP contribution in [0.1, 0.15) is 13.8 Å². The molecule has 1 N–H and O–H groups in total. The van der Waals surface area contributed by atoms with Crippen molar-refractivity contribution >= 4 is 21.9 Å². The molecule has 0 unspecified atom stereocenters. The lowest BCUT2D eigenvalue weighted by molar-refractivity contribution is -0.131. The lowest BCUT2D eigenvalue weighted by atomic mass is 10.3. The number of carbonyl (C=O) groups is 1. The summed E-state index contributed by atoms with van der Waals surface area (Å²) in [5.41, 5.74) is 0.775. The lowest BCUT2D eigenvalue weighted by Crippen LogP contribution is -1.94. The normalized spacial score (nSPS) is 8.38. The van der Waals surface area contributed by atoms with Gasteiger partial charge in [-0.25, -0.2) is 4.79 Å². The Morgan fingerprint density at radius 3 is 1.88 bits per heavy atom. The monoisotopic (exact) mass is 178 g/mol. The van der Waals surface area contributed by atoms with Crippen LogP contribution >= 0.6 is 15.9 Å². The molecule has 0 heterocycles. The quantitative estimate of drug-likeness (QED) is 0.622. The number of rotatable bonds is 1. The largest absolute Gasteiger partial charge is 0.477 e. The van der Waals surface area contributed by atoms with Gasteiger partial charge >= 0.3 is 5.97 Å². The Labute approximate surface area is 56.3 Å². The summed E-state index contributed by atoms with van der Waals surface area (Å²) in [5.74, 6) is -0.912. The maximum Gasteiger partial charge on any atom is 0.342 e. The number of hydrogen-bond donors (Lipinski definition) is 1. The number of aliphatic carboxylic acids is 1. The van der Waals surface area contributed by atoms with Gasteiger partial charge < -0.3 is 5.11 Å². The van der Waals surface area contributed by atoms with Crippen molar-refractivity contribution in [3.63, 3.8) is 0 Å². The van der Waals surface area contributed by atoms with E-state index in [0.717, 1.165) is 5.57 Å². The van der Waals surface area contributed by atoms with Crippen molar-refractivity contribution in [2.24, 2.45) is 0 Å². The molecule has 0 aliphatic carbocycles. The molecule has 8 heavy (non-hydrogen) atoms. The second-order valence-electron chi connectivity index (χ2n) is 1.62. The Balaban J connectivity index is 4.23. The number of hydrogen-bond acceptors (Lipinski definition) is 1. The van der Waals surface area contributed by atoms with Crippen molar-refractivity contribution in [3.05, 3.63) is 10.1 Å². The lowest BCUT2D eigenvalue weighted by Gasteiger charge is -1.90. The van der Waals surface area contributed by atoms with Gasteiger partial charge in [0, 0.05) is 0 Å². The molecule has 0 fully saturated rings. The fourth-order valence-corrected chi connectivity index (χ4v) is 0.214. The topological polar surface area (TPSA) is 37.3 Å². The zero-order valence-corrected chi connectivity index (χ0v) is 6.32. The minimum absolute atomic E-state index is 0.248. The summed E-state index contributed by atoms with van der Waals surface area (Å²) in [7, 11) is 0. The molecule has 2 nitrogen and oxygen atoms in total. The fourth-order valence-electron chi connectivity index (χ4n) is 0.214. The molecule has 0 saturated carbocycles. The second-order valence-corrected chi connectivity index (χ2v) is 2.41. The van der Waals surface area contributed by atoms with Crippen LogP contribution in [0.5, 0.6) is 0 Å². The first-order valence-electron chi connectivity index (χ1n) is 2.12. The summed E-state index contributed by atoms with van der Waals surface area (Å²) in [5, 5.41) is 8.25. The molecule has 0 saturated heterocycles. The van der Waals surface area contributed by atoms with Crippen LogP contribution in [0, 0.1) is 0 Å². The fraction of sp³-hybridized carbons (Fsp3) is 0.400. The Kier molecular flexibility index (Phi) is 2.76. The third-order valence-electron chi connectivity index (χ3n) is 0.627. The predicted octanol–water partition coefficient (Wildman–Crippen LogP) is 1.76. The van der Waals surface area contributed by atoms with E-state index < -0.39 is 5.97 Å². The molecule has 46 valence electrons. The van der Waals surface area contributed by atoms with Gasteiger partial charge in [-0.05, 0) is 29.8 Å². The number of halogens is 1. The van der Waals surface area contributed by atoms with E-state index in [1.807, 2.05) is 0 Å². The van der Waals surface area contributed by atoms with Crippen molar-refractivity contribution in [2.45, 2.75) is 13.8 Å². The summed E-state index contributed by atoms with van der Waals surface area (Å²) in [6.45, 7) is 3.47. The van der Waals surface area contributed by atoms with Crippen molar-refractivity contribution in [3.8, 4) is 0 Å². The molecule has 3 heteroatoms. The smallest absolute Gasteiger partial charge is 0.342 e. The Bertz CT molecular complexity index is 133. The Morgan fingerprint density at radius 1 is 1.50 bits per heavy atom. The van der Waals surface area contributed by atoms with Gasteiger partial charge in [-0.3, -0.25) is 0 Å². The highest BCUT2D eigenvalue weighted by Crippen LogP contribution is 2.09. The standard InChI is InChI=1S/C5H7BrO2/c1-3(2)4(6)5(7)8/h1-2H3,(H,7,8). The van der Waals surface area contributed by atoms with Gasteiger partial charge in [-0.15, -0.1) is 0 Å². The van der Waals surface area contributed by atoms with Crippen molar-refractivity contribution in [1.82, 2.24) is 0 Å². The highest BCUT2D eigenvalue weighted by Gasteiger charge is 2.01. The third kappa shape index (κ3) is 2.12. The molecule has 0 spiro atoms.